The Bertz CT molecular complexity index is 358. The maximum absolute atomic E-state index is 3.88. The lowest BCUT2D eigenvalue weighted by atomic mass is 9.75. The van der Waals surface area contributed by atoms with Crippen LogP contribution in [-0.2, 0) is 0 Å². The standard InChI is InChI=1S/C17H25N/c1-13-7-9-16(10-8-13)18-17-11-15(12-17)14-5-3-2-4-6-14/h2-6,13,15-18H,7-12H2,1H3. The SMILES string of the molecule is CC1CCC(NC2CC(c3ccccc3)C2)CC1. The first-order chi connectivity index (χ1) is 8.81. The topological polar surface area (TPSA) is 12.0 Å². The smallest absolute Gasteiger partial charge is 0.00813 e. The second-order valence-electron chi connectivity index (χ2n) is 6.40. The van der Waals surface area contributed by atoms with Gasteiger partial charge >= 0.3 is 0 Å². The molecule has 0 heterocycles. The first-order valence-electron chi connectivity index (χ1n) is 7.62. The molecule has 0 saturated heterocycles. The van der Waals surface area contributed by atoms with Gasteiger partial charge in [-0.15, -0.1) is 0 Å². The highest BCUT2D eigenvalue weighted by Crippen LogP contribution is 2.37. The fourth-order valence-corrected chi connectivity index (χ4v) is 3.51. The van der Waals surface area contributed by atoms with Crippen LogP contribution < -0.4 is 5.32 Å². The Morgan fingerprint density at radius 1 is 0.889 bits per heavy atom. The summed E-state index contributed by atoms with van der Waals surface area (Å²) in [7, 11) is 0. The van der Waals surface area contributed by atoms with Crippen molar-refractivity contribution >= 4 is 0 Å². The maximum Gasteiger partial charge on any atom is 0.00813 e. The normalized spacial score (nSPS) is 36.1. The Hall–Kier alpha value is -0.820. The van der Waals surface area contributed by atoms with E-state index in [0.717, 1.165) is 23.9 Å². The van der Waals surface area contributed by atoms with Crippen molar-refractivity contribution < 1.29 is 0 Å². The number of benzene rings is 1. The summed E-state index contributed by atoms with van der Waals surface area (Å²) in [4.78, 5) is 0. The van der Waals surface area contributed by atoms with Gasteiger partial charge in [0, 0.05) is 12.1 Å². The van der Waals surface area contributed by atoms with Crippen molar-refractivity contribution in [1.29, 1.82) is 0 Å². The van der Waals surface area contributed by atoms with E-state index < -0.39 is 0 Å². The van der Waals surface area contributed by atoms with E-state index in [-0.39, 0.29) is 0 Å². The summed E-state index contributed by atoms with van der Waals surface area (Å²) in [5, 5.41) is 3.88. The Balaban J connectivity index is 1.43. The molecular formula is C17H25N. The van der Waals surface area contributed by atoms with Gasteiger partial charge in [0.05, 0.1) is 0 Å². The van der Waals surface area contributed by atoms with Crippen LogP contribution in [0.15, 0.2) is 30.3 Å². The molecule has 1 heteroatoms. The Labute approximate surface area is 111 Å². The predicted octanol–water partition coefficient (Wildman–Crippen LogP) is 4.10. The Morgan fingerprint density at radius 2 is 1.56 bits per heavy atom. The second kappa shape index (κ2) is 5.44. The average molecular weight is 243 g/mol. The number of nitrogens with one attached hydrogen (secondary N) is 1. The van der Waals surface area contributed by atoms with E-state index in [4.69, 9.17) is 0 Å². The summed E-state index contributed by atoms with van der Waals surface area (Å²) >= 11 is 0. The molecule has 0 radical (unpaired) electrons. The molecule has 0 bridgehead atoms. The van der Waals surface area contributed by atoms with Crippen LogP contribution >= 0.6 is 0 Å². The molecule has 3 rings (SSSR count). The molecule has 1 nitrogen and oxygen atoms in total. The summed E-state index contributed by atoms with van der Waals surface area (Å²) in [6.45, 7) is 2.39. The summed E-state index contributed by atoms with van der Waals surface area (Å²) in [6, 6.07) is 12.6. The molecule has 98 valence electrons. The van der Waals surface area contributed by atoms with Gasteiger partial charge in [0.2, 0.25) is 0 Å². The van der Waals surface area contributed by atoms with E-state index in [1.807, 2.05) is 0 Å². The molecule has 18 heavy (non-hydrogen) atoms. The van der Waals surface area contributed by atoms with Gasteiger partial charge in [-0.3, -0.25) is 0 Å². The average Bonchev–Trinajstić information content (AvgIpc) is 2.36. The van der Waals surface area contributed by atoms with E-state index in [2.05, 4.69) is 42.6 Å². The van der Waals surface area contributed by atoms with Gasteiger partial charge in [-0.2, -0.15) is 0 Å². The van der Waals surface area contributed by atoms with E-state index in [9.17, 15) is 0 Å². The minimum Gasteiger partial charge on any atom is -0.311 e. The van der Waals surface area contributed by atoms with Gasteiger partial charge in [0.15, 0.2) is 0 Å². The second-order valence-corrected chi connectivity index (χ2v) is 6.40. The Morgan fingerprint density at radius 3 is 2.22 bits per heavy atom. The third kappa shape index (κ3) is 2.77. The number of hydrogen-bond acceptors (Lipinski definition) is 1. The van der Waals surface area contributed by atoms with Crippen molar-refractivity contribution in [1.82, 2.24) is 5.32 Å². The van der Waals surface area contributed by atoms with Crippen molar-refractivity contribution in [2.45, 2.75) is 63.5 Å². The highest BCUT2D eigenvalue weighted by Gasteiger charge is 2.32. The van der Waals surface area contributed by atoms with Gasteiger partial charge < -0.3 is 5.32 Å². The highest BCUT2D eigenvalue weighted by atomic mass is 15.0. The maximum atomic E-state index is 3.88. The lowest BCUT2D eigenvalue weighted by Gasteiger charge is -2.40. The van der Waals surface area contributed by atoms with Crippen LogP contribution in [0.25, 0.3) is 0 Å². The van der Waals surface area contributed by atoms with Crippen LogP contribution in [-0.4, -0.2) is 12.1 Å². The molecule has 0 unspecified atom stereocenters. The fourth-order valence-electron chi connectivity index (χ4n) is 3.51. The molecule has 0 aromatic heterocycles. The molecule has 0 spiro atoms. The monoisotopic (exact) mass is 243 g/mol. The van der Waals surface area contributed by atoms with Crippen molar-refractivity contribution in [2.75, 3.05) is 0 Å². The molecule has 1 N–H and O–H groups in total. The van der Waals surface area contributed by atoms with E-state index in [0.29, 0.717) is 0 Å². The first-order valence-corrected chi connectivity index (χ1v) is 7.62. The van der Waals surface area contributed by atoms with Crippen molar-refractivity contribution in [3.8, 4) is 0 Å². The van der Waals surface area contributed by atoms with Crippen LogP contribution in [0.2, 0.25) is 0 Å². The van der Waals surface area contributed by atoms with Crippen molar-refractivity contribution in [3.63, 3.8) is 0 Å². The van der Waals surface area contributed by atoms with Crippen LogP contribution in [0.5, 0.6) is 0 Å². The Kier molecular flexibility index (Phi) is 3.69. The van der Waals surface area contributed by atoms with Crippen molar-refractivity contribution in [2.24, 2.45) is 5.92 Å². The summed E-state index contributed by atoms with van der Waals surface area (Å²) in [5.41, 5.74) is 1.54. The molecule has 1 aromatic rings. The molecule has 0 aliphatic heterocycles. The largest absolute Gasteiger partial charge is 0.311 e. The predicted molar refractivity (Wildman–Crippen MR) is 76.8 cm³/mol. The van der Waals surface area contributed by atoms with Crippen LogP contribution in [0.1, 0.15) is 56.9 Å². The molecule has 2 fully saturated rings. The van der Waals surface area contributed by atoms with Crippen LogP contribution in [0.3, 0.4) is 0 Å². The minimum atomic E-state index is 0.786. The quantitative estimate of drug-likeness (QED) is 0.842. The van der Waals surface area contributed by atoms with Gasteiger partial charge in [-0.1, -0.05) is 37.3 Å². The molecular weight excluding hydrogens is 218 g/mol. The van der Waals surface area contributed by atoms with Gasteiger partial charge in [0.25, 0.3) is 0 Å². The van der Waals surface area contributed by atoms with E-state index >= 15 is 0 Å². The van der Waals surface area contributed by atoms with Crippen molar-refractivity contribution in [3.05, 3.63) is 35.9 Å². The zero-order valence-electron chi connectivity index (χ0n) is 11.4. The molecule has 2 aliphatic rings. The van der Waals surface area contributed by atoms with Crippen LogP contribution in [0, 0.1) is 5.92 Å². The molecule has 2 saturated carbocycles. The third-order valence-electron chi connectivity index (χ3n) is 4.90. The lowest BCUT2D eigenvalue weighted by molar-refractivity contribution is 0.221. The fraction of sp³-hybridized carbons (Fsp3) is 0.647. The zero-order valence-corrected chi connectivity index (χ0v) is 11.4. The summed E-state index contributed by atoms with van der Waals surface area (Å²) < 4.78 is 0. The zero-order chi connectivity index (χ0) is 12.4. The highest BCUT2D eigenvalue weighted by molar-refractivity contribution is 5.22. The van der Waals surface area contributed by atoms with Crippen LogP contribution in [0.4, 0.5) is 0 Å². The molecule has 1 aromatic carbocycles. The van der Waals surface area contributed by atoms with Gasteiger partial charge in [-0.05, 0) is 55.9 Å². The van der Waals surface area contributed by atoms with E-state index in [1.165, 1.54) is 44.1 Å². The number of hydrogen-bond donors (Lipinski definition) is 1. The minimum absolute atomic E-state index is 0.786. The number of rotatable bonds is 3. The molecule has 0 amide bonds. The molecule has 0 atom stereocenters. The lowest BCUT2D eigenvalue weighted by Crippen LogP contribution is -2.46. The van der Waals surface area contributed by atoms with E-state index in [1.54, 1.807) is 0 Å². The third-order valence-corrected chi connectivity index (χ3v) is 4.90. The first kappa shape index (κ1) is 12.2. The summed E-state index contributed by atoms with van der Waals surface area (Å²) in [5.74, 6) is 1.77. The van der Waals surface area contributed by atoms with Gasteiger partial charge in [-0.25, -0.2) is 0 Å². The molecule has 2 aliphatic carbocycles. The summed E-state index contributed by atoms with van der Waals surface area (Å²) in [6.07, 6.45) is 8.33. The van der Waals surface area contributed by atoms with Gasteiger partial charge in [0.1, 0.15) is 0 Å².